The lowest BCUT2D eigenvalue weighted by Crippen LogP contribution is -2.28. The number of nitriles is 1. The van der Waals surface area contributed by atoms with Crippen molar-refractivity contribution in [1.29, 1.82) is 5.26 Å². The monoisotopic (exact) mass is 550 g/mol. The van der Waals surface area contributed by atoms with Gasteiger partial charge in [0.25, 0.3) is 5.56 Å². The number of rotatable bonds is 4. The smallest absolute Gasteiger partial charge is 0.302 e. The van der Waals surface area contributed by atoms with Crippen LogP contribution in [0.15, 0.2) is 69.9 Å². The van der Waals surface area contributed by atoms with Crippen LogP contribution in [0.4, 0.5) is 22.0 Å². The van der Waals surface area contributed by atoms with Gasteiger partial charge in [0, 0.05) is 26.5 Å². The zero-order valence-corrected chi connectivity index (χ0v) is 19.4. The summed E-state index contributed by atoms with van der Waals surface area (Å²) in [7, 11) is 0. The molecule has 0 radical (unpaired) electrons. The van der Waals surface area contributed by atoms with Gasteiger partial charge >= 0.3 is 6.18 Å². The molecule has 0 amide bonds. The molecule has 0 atom stereocenters. The van der Waals surface area contributed by atoms with Crippen LogP contribution in [0.3, 0.4) is 0 Å². The summed E-state index contributed by atoms with van der Waals surface area (Å²) < 4.78 is 70.4. The van der Waals surface area contributed by atoms with E-state index in [1.807, 2.05) is 18.2 Å². The van der Waals surface area contributed by atoms with Crippen LogP contribution in [0, 0.1) is 23.0 Å². The van der Waals surface area contributed by atoms with Gasteiger partial charge in [-0.3, -0.25) is 4.79 Å². The molecule has 0 N–H and O–H groups in total. The van der Waals surface area contributed by atoms with E-state index in [4.69, 9.17) is 0 Å². The van der Waals surface area contributed by atoms with Gasteiger partial charge in [-0.15, -0.1) is 11.3 Å². The molecule has 0 aliphatic heterocycles. The third kappa shape index (κ3) is 4.54. The molecule has 0 aliphatic rings. The summed E-state index contributed by atoms with van der Waals surface area (Å²) in [5.74, 6) is -1.80. The Morgan fingerprint density at radius 2 is 1.71 bits per heavy atom. The Kier molecular flexibility index (Phi) is 6.43. The van der Waals surface area contributed by atoms with Gasteiger partial charge in [-0.25, -0.2) is 8.78 Å². The number of benzene rings is 2. The van der Waals surface area contributed by atoms with Gasteiger partial charge in [0.05, 0.1) is 22.7 Å². The average molecular weight is 551 g/mol. The highest BCUT2D eigenvalue weighted by atomic mass is 79.9. The zero-order valence-electron chi connectivity index (χ0n) is 17.0. The molecule has 0 saturated carbocycles. The van der Waals surface area contributed by atoms with Crippen LogP contribution in [0.25, 0.3) is 21.0 Å². The Labute approximate surface area is 202 Å². The highest BCUT2D eigenvalue weighted by molar-refractivity contribution is 9.10. The molecule has 3 nitrogen and oxygen atoms in total. The lowest BCUT2D eigenvalue weighted by Gasteiger charge is -2.17. The predicted octanol–water partition coefficient (Wildman–Crippen LogP) is 7.22. The number of pyridine rings is 1. The molecular weight excluding hydrogens is 539 g/mol. The maximum Gasteiger partial charge on any atom is 0.417 e. The number of hydrogen-bond acceptors (Lipinski definition) is 3. The molecule has 0 aliphatic carbocycles. The van der Waals surface area contributed by atoms with Crippen LogP contribution in [-0.2, 0) is 12.7 Å². The number of aromatic nitrogens is 1. The first-order chi connectivity index (χ1) is 16.1. The Morgan fingerprint density at radius 3 is 2.35 bits per heavy atom. The molecular formula is C24H12BrF5N2OS. The lowest BCUT2D eigenvalue weighted by atomic mass is 10.1. The molecule has 2 heterocycles. The van der Waals surface area contributed by atoms with Crippen LogP contribution >= 0.6 is 27.3 Å². The molecule has 2 aromatic heterocycles. The van der Waals surface area contributed by atoms with Gasteiger partial charge in [0.2, 0.25) is 0 Å². The summed E-state index contributed by atoms with van der Waals surface area (Å²) in [6, 6.07) is 15.2. The Balaban J connectivity index is 1.95. The van der Waals surface area contributed by atoms with E-state index in [0.29, 0.717) is 15.8 Å². The molecule has 0 unspecified atom stereocenters. The van der Waals surface area contributed by atoms with Crippen molar-refractivity contribution in [3.8, 4) is 27.1 Å². The summed E-state index contributed by atoms with van der Waals surface area (Å²) in [5.41, 5.74) is -3.14. The summed E-state index contributed by atoms with van der Waals surface area (Å²) in [5, 5.41) is 9.30. The Morgan fingerprint density at radius 1 is 1.00 bits per heavy atom. The first-order valence-electron chi connectivity index (χ1n) is 9.64. The minimum Gasteiger partial charge on any atom is -0.302 e. The fourth-order valence-electron chi connectivity index (χ4n) is 3.44. The van der Waals surface area contributed by atoms with E-state index in [9.17, 15) is 32.0 Å². The van der Waals surface area contributed by atoms with Crippen LogP contribution in [-0.4, -0.2) is 4.57 Å². The highest BCUT2D eigenvalue weighted by Crippen LogP contribution is 2.39. The van der Waals surface area contributed by atoms with Crippen LogP contribution < -0.4 is 5.56 Å². The normalized spacial score (nSPS) is 11.4. The predicted molar refractivity (Wildman–Crippen MR) is 122 cm³/mol. The van der Waals surface area contributed by atoms with Crippen molar-refractivity contribution in [3.63, 3.8) is 0 Å². The molecule has 4 rings (SSSR count). The van der Waals surface area contributed by atoms with Gasteiger partial charge in [-0.2, -0.15) is 18.4 Å². The molecule has 0 fully saturated rings. The standard InChI is InChI=1S/C24H12BrF5N2OS/c25-18-4-2-1-3-15(18)21-7-8-22(34-21)20-10-17(24(28,29)30)16(11-31)23(33)32(20)12-13-5-6-14(26)9-19(13)27/h1-10H,12H2. The van der Waals surface area contributed by atoms with E-state index in [-0.39, 0.29) is 11.3 Å². The number of hydrogen-bond donors (Lipinski definition) is 0. The fraction of sp³-hybridized carbons (Fsp3) is 0.0833. The topological polar surface area (TPSA) is 45.8 Å². The zero-order chi connectivity index (χ0) is 24.6. The van der Waals surface area contributed by atoms with Crippen molar-refractivity contribution in [2.45, 2.75) is 12.7 Å². The van der Waals surface area contributed by atoms with Crippen LogP contribution in [0.5, 0.6) is 0 Å². The minimum atomic E-state index is -4.96. The summed E-state index contributed by atoms with van der Waals surface area (Å²) in [6.07, 6.45) is -4.96. The highest BCUT2D eigenvalue weighted by Gasteiger charge is 2.36. The largest absolute Gasteiger partial charge is 0.417 e. The second-order valence-electron chi connectivity index (χ2n) is 7.20. The molecule has 2 aromatic carbocycles. The molecule has 0 saturated heterocycles. The second kappa shape index (κ2) is 9.16. The third-order valence-electron chi connectivity index (χ3n) is 5.06. The Bertz CT molecular complexity index is 1500. The first kappa shape index (κ1) is 23.9. The van der Waals surface area contributed by atoms with E-state index < -0.39 is 41.0 Å². The first-order valence-corrected chi connectivity index (χ1v) is 11.2. The summed E-state index contributed by atoms with van der Waals surface area (Å²) in [4.78, 5) is 14.0. The van der Waals surface area contributed by atoms with Crippen molar-refractivity contribution in [2.75, 3.05) is 0 Å². The quantitative estimate of drug-likeness (QED) is 0.252. The van der Waals surface area contributed by atoms with E-state index in [0.717, 1.165) is 44.1 Å². The van der Waals surface area contributed by atoms with Crippen molar-refractivity contribution in [3.05, 3.63) is 104 Å². The lowest BCUT2D eigenvalue weighted by molar-refractivity contribution is -0.137. The van der Waals surface area contributed by atoms with Gasteiger partial charge in [-0.1, -0.05) is 40.2 Å². The van der Waals surface area contributed by atoms with Crippen LogP contribution in [0.1, 0.15) is 16.7 Å². The molecule has 0 bridgehead atoms. The summed E-state index contributed by atoms with van der Waals surface area (Å²) in [6.45, 7) is -0.491. The molecule has 172 valence electrons. The van der Waals surface area contributed by atoms with Gasteiger partial charge in [-0.05, 0) is 30.3 Å². The number of nitrogens with zero attached hydrogens (tertiary/aromatic N) is 2. The van der Waals surface area contributed by atoms with E-state index in [1.165, 1.54) is 6.07 Å². The summed E-state index contributed by atoms with van der Waals surface area (Å²) >= 11 is 4.57. The third-order valence-corrected chi connectivity index (χ3v) is 6.89. The van der Waals surface area contributed by atoms with E-state index >= 15 is 0 Å². The SMILES string of the molecule is N#Cc1c(C(F)(F)F)cc(-c2ccc(-c3ccccc3Br)s2)n(Cc2ccc(F)cc2F)c1=O. The fourth-order valence-corrected chi connectivity index (χ4v) is 5.14. The van der Waals surface area contributed by atoms with Crippen molar-refractivity contribution >= 4 is 27.3 Å². The van der Waals surface area contributed by atoms with Crippen LogP contribution in [0.2, 0.25) is 0 Å². The number of halogens is 6. The molecule has 0 spiro atoms. The molecule has 10 heteroatoms. The second-order valence-corrected chi connectivity index (χ2v) is 9.14. The van der Waals surface area contributed by atoms with E-state index in [1.54, 1.807) is 18.2 Å². The number of alkyl halides is 3. The van der Waals surface area contributed by atoms with Gasteiger partial charge in [0.15, 0.2) is 0 Å². The van der Waals surface area contributed by atoms with Gasteiger partial charge < -0.3 is 4.57 Å². The van der Waals surface area contributed by atoms with Gasteiger partial charge in [0.1, 0.15) is 23.3 Å². The minimum absolute atomic E-state index is 0.115. The van der Waals surface area contributed by atoms with Crippen molar-refractivity contribution in [2.24, 2.45) is 0 Å². The van der Waals surface area contributed by atoms with Crippen molar-refractivity contribution < 1.29 is 22.0 Å². The maximum absolute atomic E-state index is 14.3. The molecule has 34 heavy (non-hydrogen) atoms. The Hall–Kier alpha value is -3.29. The number of thiophene rings is 1. The molecule has 4 aromatic rings. The average Bonchev–Trinajstić information content (AvgIpc) is 3.25. The van der Waals surface area contributed by atoms with E-state index in [2.05, 4.69) is 15.9 Å². The maximum atomic E-state index is 14.3. The van der Waals surface area contributed by atoms with Crippen molar-refractivity contribution in [1.82, 2.24) is 4.57 Å².